The molecule has 0 aliphatic heterocycles. The van der Waals surface area contributed by atoms with E-state index in [0.717, 1.165) is 0 Å². The normalized spacial score (nSPS) is 11.8. The van der Waals surface area contributed by atoms with Crippen LogP contribution in [-0.4, -0.2) is 23.6 Å². The molecule has 0 saturated carbocycles. The van der Waals surface area contributed by atoms with Crippen molar-refractivity contribution in [2.75, 3.05) is 7.11 Å². The van der Waals surface area contributed by atoms with Crippen molar-refractivity contribution in [1.82, 2.24) is 0 Å². The number of fused-ring (bicyclic) bond motifs is 1. The standard InChI is InChI=1S/C21H16Cl2O6S/c1-11(24)28-16-10-17(27-3)20(29-12(2)25)13-6-4-9-18(19(13)16)30(26)21-14(22)7-5-8-15(21)23/h4-10H,1-3H3. The number of hydrogen-bond acceptors (Lipinski definition) is 6. The largest absolute Gasteiger partial charge is 0.606 e. The first-order valence-corrected chi connectivity index (χ1v) is 10.5. The maximum absolute atomic E-state index is 13.5. The summed E-state index contributed by atoms with van der Waals surface area (Å²) in [6.45, 7) is 2.49. The van der Waals surface area contributed by atoms with E-state index in [1.165, 1.54) is 27.0 Å². The first-order valence-electron chi connectivity index (χ1n) is 8.61. The van der Waals surface area contributed by atoms with Crippen LogP contribution in [0.4, 0.5) is 0 Å². The third kappa shape index (κ3) is 4.34. The molecule has 3 aromatic rings. The van der Waals surface area contributed by atoms with Gasteiger partial charge in [0.15, 0.2) is 21.3 Å². The third-order valence-electron chi connectivity index (χ3n) is 4.03. The smallest absolute Gasteiger partial charge is 0.308 e. The summed E-state index contributed by atoms with van der Waals surface area (Å²) in [6.07, 6.45) is 0. The molecule has 3 aromatic carbocycles. The second-order valence-corrected chi connectivity index (χ2v) is 8.29. The van der Waals surface area contributed by atoms with E-state index < -0.39 is 23.1 Å². The lowest BCUT2D eigenvalue weighted by atomic mass is 10.1. The molecule has 6 nitrogen and oxygen atoms in total. The minimum Gasteiger partial charge on any atom is -0.606 e. The van der Waals surface area contributed by atoms with Crippen molar-refractivity contribution >= 4 is 57.1 Å². The van der Waals surface area contributed by atoms with Gasteiger partial charge in [0.2, 0.25) is 0 Å². The average molecular weight is 467 g/mol. The fourth-order valence-electron chi connectivity index (χ4n) is 2.92. The van der Waals surface area contributed by atoms with E-state index in [1.807, 2.05) is 0 Å². The molecule has 0 radical (unpaired) electrons. The SMILES string of the molecule is COc1cc(OC(C)=O)c2c([S+]([O-])c3c(Cl)cccc3Cl)cccc2c1OC(C)=O. The highest BCUT2D eigenvalue weighted by molar-refractivity contribution is 7.92. The van der Waals surface area contributed by atoms with Crippen molar-refractivity contribution in [1.29, 1.82) is 0 Å². The van der Waals surface area contributed by atoms with Crippen LogP contribution in [0.25, 0.3) is 10.8 Å². The fourth-order valence-corrected chi connectivity index (χ4v) is 5.05. The van der Waals surface area contributed by atoms with Crippen molar-refractivity contribution in [2.24, 2.45) is 0 Å². The van der Waals surface area contributed by atoms with Crippen molar-refractivity contribution in [3.8, 4) is 17.2 Å². The highest BCUT2D eigenvalue weighted by atomic mass is 35.5. The molecule has 1 unspecified atom stereocenters. The van der Waals surface area contributed by atoms with E-state index >= 15 is 0 Å². The molecule has 3 rings (SSSR count). The minimum atomic E-state index is -1.84. The van der Waals surface area contributed by atoms with Crippen LogP contribution in [0, 0.1) is 0 Å². The zero-order chi connectivity index (χ0) is 22.0. The predicted octanol–water partition coefficient (Wildman–Crippen LogP) is 5.17. The molecule has 0 aromatic heterocycles. The van der Waals surface area contributed by atoms with E-state index in [2.05, 4.69) is 0 Å². The van der Waals surface area contributed by atoms with Gasteiger partial charge in [-0.05, 0) is 24.3 Å². The topological polar surface area (TPSA) is 84.9 Å². The summed E-state index contributed by atoms with van der Waals surface area (Å²) in [5.74, 6) is -0.782. The second kappa shape index (κ2) is 9.14. The number of methoxy groups -OCH3 is 1. The molecule has 0 amide bonds. The first kappa shape index (κ1) is 22.2. The molecule has 0 fully saturated rings. The predicted molar refractivity (Wildman–Crippen MR) is 114 cm³/mol. The van der Waals surface area contributed by atoms with Gasteiger partial charge in [0.05, 0.1) is 22.5 Å². The van der Waals surface area contributed by atoms with Gasteiger partial charge in [0.25, 0.3) is 0 Å². The summed E-state index contributed by atoms with van der Waals surface area (Å²) in [4.78, 5) is 23.9. The molecule has 30 heavy (non-hydrogen) atoms. The highest BCUT2D eigenvalue weighted by Gasteiger charge is 2.29. The summed E-state index contributed by atoms with van der Waals surface area (Å²) < 4.78 is 29.5. The lowest BCUT2D eigenvalue weighted by Gasteiger charge is -2.18. The lowest BCUT2D eigenvalue weighted by molar-refractivity contribution is -0.133. The van der Waals surface area contributed by atoms with Crippen LogP contribution in [0.3, 0.4) is 0 Å². The third-order valence-corrected chi connectivity index (χ3v) is 6.43. The van der Waals surface area contributed by atoms with Crippen LogP contribution >= 0.6 is 23.2 Å². The number of hydrogen-bond donors (Lipinski definition) is 0. The van der Waals surface area contributed by atoms with E-state index in [1.54, 1.807) is 36.4 Å². The molecule has 9 heteroatoms. The van der Waals surface area contributed by atoms with Gasteiger partial charge in [-0.3, -0.25) is 9.59 Å². The summed E-state index contributed by atoms with van der Waals surface area (Å²) in [7, 11) is 1.39. The number of carbonyl (C=O) groups excluding carboxylic acids is 2. The van der Waals surface area contributed by atoms with Gasteiger partial charge in [-0.25, -0.2) is 0 Å². The van der Waals surface area contributed by atoms with Gasteiger partial charge >= 0.3 is 11.9 Å². The number of carbonyl (C=O) groups is 2. The first-order chi connectivity index (χ1) is 14.2. The Hall–Kier alpha value is -2.45. The summed E-state index contributed by atoms with van der Waals surface area (Å²) in [5.41, 5.74) is 0. The van der Waals surface area contributed by atoms with Crippen LogP contribution in [0.15, 0.2) is 52.3 Å². The molecule has 0 aliphatic rings. The molecule has 0 aliphatic carbocycles. The van der Waals surface area contributed by atoms with Crippen LogP contribution in [0.5, 0.6) is 17.2 Å². The van der Waals surface area contributed by atoms with Gasteiger partial charge in [-0.15, -0.1) is 0 Å². The molecular weight excluding hydrogens is 451 g/mol. The van der Waals surface area contributed by atoms with Gasteiger partial charge in [0.1, 0.15) is 5.75 Å². The number of rotatable bonds is 5. The quantitative estimate of drug-likeness (QED) is 0.292. The molecule has 0 heterocycles. The highest BCUT2D eigenvalue weighted by Crippen LogP contribution is 2.46. The summed E-state index contributed by atoms with van der Waals surface area (Å²) in [6, 6.07) is 11.1. The van der Waals surface area contributed by atoms with Crippen LogP contribution in [-0.2, 0) is 20.8 Å². The van der Waals surface area contributed by atoms with Gasteiger partial charge in [-0.1, -0.05) is 35.3 Å². The Labute approximate surface area is 185 Å². The Kier molecular flexibility index (Phi) is 6.77. The molecule has 0 bridgehead atoms. The molecule has 0 N–H and O–H groups in total. The summed E-state index contributed by atoms with van der Waals surface area (Å²) >= 11 is 10.7. The van der Waals surface area contributed by atoms with Crippen molar-refractivity contribution in [3.05, 3.63) is 52.5 Å². The zero-order valence-corrected chi connectivity index (χ0v) is 18.5. The van der Waals surface area contributed by atoms with E-state index in [4.69, 9.17) is 37.4 Å². The Morgan fingerprint density at radius 1 is 0.933 bits per heavy atom. The molecule has 156 valence electrons. The van der Waals surface area contributed by atoms with E-state index in [0.29, 0.717) is 10.8 Å². The summed E-state index contributed by atoms with van der Waals surface area (Å²) in [5, 5.41) is 1.12. The molecule has 0 saturated heterocycles. The van der Waals surface area contributed by atoms with Gasteiger partial charge < -0.3 is 18.8 Å². The number of benzene rings is 3. The Morgan fingerprint density at radius 2 is 1.53 bits per heavy atom. The Bertz CT molecular complexity index is 1130. The van der Waals surface area contributed by atoms with Crippen LogP contribution < -0.4 is 14.2 Å². The fraction of sp³-hybridized carbons (Fsp3) is 0.143. The monoisotopic (exact) mass is 466 g/mol. The zero-order valence-electron chi connectivity index (χ0n) is 16.2. The van der Waals surface area contributed by atoms with Crippen LogP contribution in [0.2, 0.25) is 10.0 Å². The Balaban J connectivity index is 2.37. The maximum atomic E-state index is 13.5. The minimum absolute atomic E-state index is 0.0948. The van der Waals surface area contributed by atoms with Crippen molar-refractivity contribution < 1.29 is 28.4 Å². The van der Waals surface area contributed by atoms with Crippen LogP contribution in [0.1, 0.15) is 13.8 Å². The Morgan fingerprint density at radius 3 is 2.10 bits per heavy atom. The van der Waals surface area contributed by atoms with Gasteiger partial charge in [-0.2, -0.15) is 0 Å². The van der Waals surface area contributed by atoms with Gasteiger partial charge in [0, 0.05) is 36.5 Å². The average Bonchev–Trinajstić information content (AvgIpc) is 2.68. The number of esters is 2. The molecule has 1 atom stereocenters. The molecule has 0 spiro atoms. The van der Waals surface area contributed by atoms with E-state index in [9.17, 15) is 14.1 Å². The molecular formula is C21H16Cl2O6S. The lowest BCUT2D eigenvalue weighted by Crippen LogP contribution is -2.09. The number of ether oxygens (including phenoxy) is 3. The number of halogens is 2. The van der Waals surface area contributed by atoms with Crippen molar-refractivity contribution in [3.63, 3.8) is 0 Å². The second-order valence-electron chi connectivity index (χ2n) is 6.09. The van der Waals surface area contributed by atoms with E-state index in [-0.39, 0.29) is 37.1 Å². The van der Waals surface area contributed by atoms with Crippen molar-refractivity contribution in [2.45, 2.75) is 23.6 Å². The maximum Gasteiger partial charge on any atom is 0.308 e.